The molecule has 8 nitrogen and oxygen atoms in total. The topological polar surface area (TPSA) is 70.8 Å². The lowest BCUT2D eigenvalue weighted by atomic mass is 10.1. The lowest BCUT2D eigenvalue weighted by molar-refractivity contribution is -0.126. The van der Waals surface area contributed by atoms with E-state index in [4.69, 9.17) is 19.3 Å². The maximum Gasteiger partial charge on any atom is 0.247 e. The van der Waals surface area contributed by atoms with Gasteiger partial charge in [0.05, 0.1) is 45.8 Å². The molecule has 1 aliphatic rings. The number of aryl methyl sites for hydroxylation is 2. The zero-order valence-electron chi connectivity index (χ0n) is 21.7. The predicted molar refractivity (Wildman–Crippen MR) is 142 cm³/mol. The number of fused-ring (bicyclic) bond motifs is 1. The number of rotatable bonds is 7. The van der Waals surface area contributed by atoms with E-state index in [0.717, 1.165) is 33.9 Å². The number of nitrogens with zero attached hydrogens (tertiary/aromatic N) is 4. The van der Waals surface area contributed by atoms with Gasteiger partial charge in [-0.25, -0.2) is 4.68 Å². The second kappa shape index (κ2) is 9.89. The Morgan fingerprint density at radius 3 is 2.27 bits per heavy atom. The Hall–Kier alpha value is -4.46. The van der Waals surface area contributed by atoms with Gasteiger partial charge in [0.2, 0.25) is 11.7 Å². The molecule has 0 N–H and O–H groups in total. The molecule has 0 spiro atoms. The number of carbonyl (C=O) groups is 1. The molecule has 8 heteroatoms. The second-order valence-corrected chi connectivity index (χ2v) is 9.03. The third kappa shape index (κ3) is 4.46. The summed E-state index contributed by atoms with van der Waals surface area (Å²) in [6, 6.07) is 13.9. The molecule has 190 valence electrons. The lowest BCUT2D eigenvalue weighted by Crippen LogP contribution is -2.24. The van der Waals surface area contributed by atoms with Crippen LogP contribution in [0.25, 0.3) is 17.6 Å². The molecule has 0 fully saturated rings. The normalized spacial score (nSPS) is 12.7. The number of benzene rings is 2. The Labute approximate surface area is 216 Å². The van der Waals surface area contributed by atoms with E-state index >= 15 is 0 Å². The van der Waals surface area contributed by atoms with E-state index in [9.17, 15) is 4.79 Å². The van der Waals surface area contributed by atoms with Crippen molar-refractivity contribution >= 4 is 12.0 Å². The van der Waals surface area contributed by atoms with Crippen LogP contribution in [0.1, 0.15) is 27.9 Å². The van der Waals surface area contributed by atoms with Gasteiger partial charge in [0, 0.05) is 24.0 Å². The molecule has 0 atom stereocenters. The van der Waals surface area contributed by atoms with Crippen LogP contribution in [0.15, 0.2) is 60.9 Å². The van der Waals surface area contributed by atoms with Gasteiger partial charge in [-0.3, -0.25) is 4.79 Å². The Balaban J connectivity index is 1.43. The minimum atomic E-state index is -0.0942. The molecule has 0 saturated carbocycles. The summed E-state index contributed by atoms with van der Waals surface area (Å²) in [7, 11) is 4.69. The highest BCUT2D eigenvalue weighted by molar-refractivity contribution is 5.92. The first-order chi connectivity index (χ1) is 17.9. The molecule has 0 unspecified atom stereocenters. The summed E-state index contributed by atoms with van der Waals surface area (Å²) in [5.74, 6) is 2.44. The highest BCUT2D eigenvalue weighted by Gasteiger charge is 2.31. The maximum absolute atomic E-state index is 13.2. The van der Waals surface area contributed by atoms with E-state index in [1.54, 1.807) is 38.4 Å². The van der Waals surface area contributed by atoms with Crippen molar-refractivity contribution in [1.29, 1.82) is 0 Å². The van der Waals surface area contributed by atoms with E-state index in [1.807, 2.05) is 41.3 Å². The van der Waals surface area contributed by atoms with Crippen LogP contribution in [0.3, 0.4) is 0 Å². The smallest absolute Gasteiger partial charge is 0.247 e. The fraction of sp³-hybridized carbons (Fsp3) is 0.241. The van der Waals surface area contributed by atoms with Gasteiger partial charge in [-0.2, -0.15) is 5.10 Å². The number of amides is 1. The van der Waals surface area contributed by atoms with E-state index in [-0.39, 0.29) is 5.91 Å². The summed E-state index contributed by atoms with van der Waals surface area (Å²) in [5, 5.41) is 4.95. The van der Waals surface area contributed by atoms with Gasteiger partial charge in [-0.15, -0.1) is 0 Å². The molecule has 4 aromatic rings. The monoisotopic (exact) mass is 498 g/mol. The third-order valence-corrected chi connectivity index (χ3v) is 6.58. The van der Waals surface area contributed by atoms with E-state index < -0.39 is 0 Å². The largest absolute Gasteiger partial charge is 0.493 e. The van der Waals surface area contributed by atoms with Crippen LogP contribution in [-0.2, 0) is 17.9 Å². The van der Waals surface area contributed by atoms with Gasteiger partial charge in [-0.1, -0.05) is 17.7 Å². The van der Waals surface area contributed by atoms with Gasteiger partial charge in [-0.05, 0) is 61.4 Å². The van der Waals surface area contributed by atoms with Gasteiger partial charge >= 0.3 is 0 Å². The first kappa shape index (κ1) is 24.2. The summed E-state index contributed by atoms with van der Waals surface area (Å²) in [6.07, 6.45) is 7.34. The van der Waals surface area contributed by atoms with Crippen LogP contribution in [0.5, 0.6) is 17.2 Å². The summed E-state index contributed by atoms with van der Waals surface area (Å²) in [5.41, 5.74) is 6.11. The number of hydrogen-bond donors (Lipinski definition) is 0. The molecule has 37 heavy (non-hydrogen) atoms. The summed E-state index contributed by atoms with van der Waals surface area (Å²) < 4.78 is 20.3. The highest BCUT2D eigenvalue weighted by Crippen LogP contribution is 2.38. The Bertz CT molecular complexity index is 1460. The summed E-state index contributed by atoms with van der Waals surface area (Å²) in [4.78, 5) is 15.0. The van der Waals surface area contributed by atoms with Crippen molar-refractivity contribution in [3.05, 3.63) is 88.9 Å². The molecule has 1 aliphatic heterocycles. The first-order valence-corrected chi connectivity index (χ1v) is 12.0. The molecule has 0 radical (unpaired) electrons. The quantitative estimate of drug-likeness (QED) is 0.340. The van der Waals surface area contributed by atoms with Crippen LogP contribution in [0, 0.1) is 13.8 Å². The third-order valence-electron chi connectivity index (χ3n) is 6.58. The number of ether oxygens (including phenoxy) is 3. The van der Waals surface area contributed by atoms with Crippen molar-refractivity contribution in [2.45, 2.75) is 26.9 Å². The minimum absolute atomic E-state index is 0.0942. The number of aromatic nitrogens is 3. The Morgan fingerprint density at radius 1 is 0.946 bits per heavy atom. The average molecular weight is 499 g/mol. The number of carbonyl (C=O) groups excluding carboxylic acids is 1. The maximum atomic E-state index is 13.2. The van der Waals surface area contributed by atoms with Crippen molar-refractivity contribution < 1.29 is 19.0 Å². The minimum Gasteiger partial charge on any atom is -0.493 e. The fourth-order valence-electron chi connectivity index (χ4n) is 4.78. The van der Waals surface area contributed by atoms with Gasteiger partial charge < -0.3 is 23.7 Å². The molecule has 2 aromatic carbocycles. The SMILES string of the molecule is COc1cc(C=CC(=O)N2Cc3nn(-c4ccc(C)cc4C)c(-n4cccc4)c3C2)cc(OC)c1OC. The molecule has 5 rings (SSSR count). The number of methoxy groups -OCH3 is 3. The van der Waals surface area contributed by atoms with Gasteiger partial charge in [0.25, 0.3) is 0 Å². The molecule has 2 aromatic heterocycles. The molecule has 0 bridgehead atoms. The van der Waals surface area contributed by atoms with E-state index in [2.05, 4.69) is 36.6 Å². The molecule has 1 amide bonds. The van der Waals surface area contributed by atoms with Gasteiger partial charge in [0.1, 0.15) is 5.82 Å². The summed E-state index contributed by atoms with van der Waals surface area (Å²) >= 11 is 0. The van der Waals surface area contributed by atoms with Crippen LogP contribution in [0.4, 0.5) is 0 Å². The van der Waals surface area contributed by atoms with Gasteiger partial charge in [0.15, 0.2) is 11.5 Å². The zero-order chi connectivity index (χ0) is 26.1. The average Bonchev–Trinajstić information content (AvgIpc) is 3.63. The van der Waals surface area contributed by atoms with Crippen molar-refractivity contribution in [2.75, 3.05) is 21.3 Å². The predicted octanol–water partition coefficient (Wildman–Crippen LogP) is 4.86. The molecule has 0 saturated heterocycles. The summed E-state index contributed by atoms with van der Waals surface area (Å²) in [6.45, 7) is 5.10. The lowest BCUT2D eigenvalue weighted by Gasteiger charge is -2.17. The van der Waals surface area contributed by atoms with Crippen LogP contribution in [0.2, 0.25) is 0 Å². The van der Waals surface area contributed by atoms with Crippen molar-refractivity contribution in [3.63, 3.8) is 0 Å². The fourth-order valence-corrected chi connectivity index (χ4v) is 4.78. The molecular weight excluding hydrogens is 468 g/mol. The Morgan fingerprint density at radius 2 is 1.65 bits per heavy atom. The molecule has 3 heterocycles. The Kier molecular flexibility index (Phi) is 6.48. The van der Waals surface area contributed by atoms with Crippen LogP contribution >= 0.6 is 0 Å². The van der Waals surface area contributed by atoms with Crippen molar-refractivity contribution in [1.82, 2.24) is 19.2 Å². The molecule has 0 aliphatic carbocycles. The van der Waals surface area contributed by atoms with Crippen LogP contribution < -0.4 is 14.2 Å². The van der Waals surface area contributed by atoms with E-state index in [0.29, 0.717) is 30.3 Å². The second-order valence-electron chi connectivity index (χ2n) is 9.03. The first-order valence-electron chi connectivity index (χ1n) is 12.0. The van der Waals surface area contributed by atoms with E-state index in [1.165, 1.54) is 5.56 Å². The van der Waals surface area contributed by atoms with Crippen LogP contribution in [-0.4, -0.2) is 46.5 Å². The zero-order valence-corrected chi connectivity index (χ0v) is 21.7. The van der Waals surface area contributed by atoms with Crippen molar-refractivity contribution in [3.8, 4) is 28.8 Å². The highest BCUT2D eigenvalue weighted by atomic mass is 16.5. The standard InChI is InChI=1S/C29H30N4O4/c1-19-8-10-24(20(2)14-19)33-29(31-12-6-7-13-31)22-17-32(18-23(22)30-33)27(34)11-9-21-15-25(35-3)28(37-5)26(16-21)36-4/h6-16H,17-18H2,1-5H3. The van der Waals surface area contributed by atoms with Crippen molar-refractivity contribution in [2.24, 2.45) is 0 Å². The molecular formula is C29H30N4O4. The number of hydrogen-bond acceptors (Lipinski definition) is 5.